The van der Waals surface area contributed by atoms with Crippen LogP contribution in [0.4, 0.5) is 0 Å². The van der Waals surface area contributed by atoms with Gasteiger partial charge in [0.25, 0.3) is 0 Å². The average molecular weight is 276 g/mol. The molecule has 1 atom stereocenters. The number of nitrogens with zero attached hydrogens (tertiary/aromatic N) is 2. The van der Waals surface area contributed by atoms with Crippen molar-refractivity contribution in [3.8, 4) is 0 Å². The van der Waals surface area contributed by atoms with Crippen LogP contribution in [0.1, 0.15) is 18.3 Å². The maximum absolute atomic E-state index is 9.73. The van der Waals surface area contributed by atoms with E-state index < -0.39 is 0 Å². The third-order valence-electron chi connectivity index (χ3n) is 2.32. The van der Waals surface area contributed by atoms with E-state index in [1.165, 1.54) is 0 Å². The highest BCUT2D eigenvalue weighted by Crippen LogP contribution is 2.22. The summed E-state index contributed by atoms with van der Waals surface area (Å²) in [7, 11) is 1.83. The number of aryl methyl sites for hydroxylation is 2. The summed E-state index contributed by atoms with van der Waals surface area (Å²) < 4.78 is 2.94. The minimum absolute atomic E-state index is 0.368. The number of aromatic nitrogens is 2. The largest absolute Gasteiger partial charge is 0.391 e. The van der Waals surface area contributed by atoms with Gasteiger partial charge >= 0.3 is 0 Å². The lowest BCUT2D eigenvalue weighted by Gasteiger charge is -2.11. The number of hydrogen-bond acceptors (Lipinski definition) is 3. The zero-order valence-electron chi connectivity index (χ0n) is 9.42. The maximum atomic E-state index is 9.73. The lowest BCUT2D eigenvalue weighted by molar-refractivity contribution is 0.172. The normalized spacial score (nSPS) is 13.1. The Morgan fingerprint density at radius 1 is 1.60 bits per heavy atom. The number of aliphatic hydroxyl groups excluding tert-OH is 1. The molecule has 0 aliphatic heterocycles. The van der Waals surface area contributed by atoms with E-state index >= 15 is 0 Å². The molecular weight excluding hydrogens is 258 g/mol. The lowest BCUT2D eigenvalue weighted by Crippen LogP contribution is -2.26. The molecule has 0 aliphatic carbocycles. The van der Waals surface area contributed by atoms with Crippen molar-refractivity contribution in [3.05, 3.63) is 15.9 Å². The summed E-state index contributed by atoms with van der Waals surface area (Å²) in [5.74, 6) is 0. The third kappa shape index (κ3) is 3.03. The van der Waals surface area contributed by atoms with Crippen molar-refractivity contribution in [2.24, 2.45) is 0 Å². The van der Waals surface area contributed by atoms with Crippen LogP contribution in [0.3, 0.4) is 0 Å². The van der Waals surface area contributed by atoms with E-state index in [0.29, 0.717) is 13.0 Å². The van der Waals surface area contributed by atoms with Crippen LogP contribution in [0.15, 0.2) is 4.47 Å². The van der Waals surface area contributed by atoms with Gasteiger partial charge in [0.05, 0.1) is 22.0 Å². The number of nitrogens with one attached hydrogen (secondary N) is 1. The van der Waals surface area contributed by atoms with E-state index in [0.717, 1.165) is 22.4 Å². The summed E-state index contributed by atoms with van der Waals surface area (Å²) in [5.41, 5.74) is 2.04. The highest BCUT2D eigenvalue weighted by atomic mass is 79.9. The van der Waals surface area contributed by atoms with Crippen LogP contribution in [0.2, 0.25) is 0 Å². The number of aliphatic hydroxyl groups is 1. The molecule has 86 valence electrons. The molecule has 0 spiro atoms. The molecule has 0 radical (unpaired) electrons. The fraction of sp³-hybridized carbons (Fsp3) is 0.700. The summed E-state index contributed by atoms with van der Waals surface area (Å²) in [5, 5.41) is 17.1. The molecule has 1 aromatic rings. The van der Waals surface area contributed by atoms with Gasteiger partial charge in [-0.25, -0.2) is 0 Å². The number of rotatable bonds is 5. The first-order chi connectivity index (χ1) is 7.10. The van der Waals surface area contributed by atoms with Gasteiger partial charge in [0.1, 0.15) is 0 Å². The van der Waals surface area contributed by atoms with Gasteiger partial charge in [-0.05, 0) is 36.8 Å². The van der Waals surface area contributed by atoms with Crippen molar-refractivity contribution in [3.63, 3.8) is 0 Å². The van der Waals surface area contributed by atoms with Crippen molar-refractivity contribution in [2.75, 3.05) is 13.6 Å². The van der Waals surface area contributed by atoms with E-state index in [4.69, 9.17) is 0 Å². The van der Waals surface area contributed by atoms with Gasteiger partial charge in [-0.15, -0.1) is 0 Å². The SMILES string of the molecule is CCn1nc(C)c(Br)c1CC(O)CNC. The molecule has 1 heterocycles. The quantitative estimate of drug-likeness (QED) is 0.846. The predicted octanol–water partition coefficient (Wildman–Crippen LogP) is 1.10. The molecule has 0 fully saturated rings. The minimum atomic E-state index is -0.368. The molecule has 5 heteroatoms. The zero-order chi connectivity index (χ0) is 11.4. The van der Waals surface area contributed by atoms with E-state index in [1.54, 1.807) is 0 Å². The molecule has 0 amide bonds. The van der Waals surface area contributed by atoms with Crippen molar-refractivity contribution in [1.29, 1.82) is 0 Å². The Balaban J connectivity index is 2.82. The Kier molecular flexibility index (Phi) is 4.76. The van der Waals surface area contributed by atoms with Crippen LogP contribution in [0.25, 0.3) is 0 Å². The van der Waals surface area contributed by atoms with Gasteiger partial charge in [0.2, 0.25) is 0 Å². The van der Waals surface area contributed by atoms with Gasteiger partial charge in [-0.2, -0.15) is 5.10 Å². The monoisotopic (exact) mass is 275 g/mol. The Bertz CT molecular complexity index is 325. The Morgan fingerprint density at radius 3 is 2.80 bits per heavy atom. The molecule has 0 saturated carbocycles. The van der Waals surface area contributed by atoms with Crippen LogP contribution in [-0.2, 0) is 13.0 Å². The Labute approximate surface area is 98.8 Å². The lowest BCUT2D eigenvalue weighted by atomic mass is 10.2. The summed E-state index contributed by atoms with van der Waals surface area (Å²) in [6.07, 6.45) is 0.253. The first-order valence-electron chi connectivity index (χ1n) is 5.14. The molecule has 0 bridgehead atoms. The van der Waals surface area contributed by atoms with Crippen LogP contribution in [0, 0.1) is 6.92 Å². The van der Waals surface area contributed by atoms with Gasteiger partial charge in [0, 0.05) is 19.5 Å². The first-order valence-corrected chi connectivity index (χ1v) is 5.93. The molecular formula is C10H18BrN3O. The standard InChI is InChI=1S/C10H18BrN3O/c1-4-14-9(5-8(15)6-12-3)10(11)7(2)13-14/h8,12,15H,4-6H2,1-3H3. The second kappa shape index (κ2) is 5.63. The summed E-state index contributed by atoms with van der Waals surface area (Å²) in [4.78, 5) is 0. The highest BCUT2D eigenvalue weighted by Gasteiger charge is 2.15. The first kappa shape index (κ1) is 12.7. The molecule has 0 saturated heterocycles. The van der Waals surface area contributed by atoms with E-state index in [2.05, 4.69) is 26.3 Å². The van der Waals surface area contributed by atoms with Crippen molar-refractivity contribution >= 4 is 15.9 Å². The Hall–Kier alpha value is -0.390. The summed E-state index contributed by atoms with van der Waals surface area (Å²) in [6.45, 7) is 5.44. The van der Waals surface area contributed by atoms with Crippen LogP contribution in [0.5, 0.6) is 0 Å². The molecule has 1 unspecified atom stereocenters. The van der Waals surface area contributed by atoms with Crippen molar-refractivity contribution < 1.29 is 5.11 Å². The number of hydrogen-bond donors (Lipinski definition) is 2. The molecule has 4 nitrogen and oxygen atoms in total. The van der Waals surface area contributed by atoms with Gasteiger partial charge in [-0.1, -0.05) is 0 Å². The zero-order valence-corrected chi connectivity index (χ0v) is 11.0. The molecule has 1 rings (SSSR count). The fourth-order valence-electron chi connectivity index (χ4n) is 1.59. The molecule has 1 aromatic heterocycles. The van der Waals surface area contributed by atoms with E-state index in [9.17, 15) is 5.11 Å². The van der Waals surface area contributed by atoms with Crippen LogP contribution in [-0.4, -0.2) is 34.6 Å². The topological polar surface area (TPSA) is 50.1 Å². The predicted molar refractivity (Wildman–Crippen MR) is 64.0 cm³/mol. The molecule has 0 aromatic carbocycles. The number of halogens is 1. The highest BCUT2D eigenvalue weighted by molar-refractivity contribution is 9.10. The summed E-state index contributed by atoms with van der Waals surface area (Å²) >= 11 is 3.51. The van der Waals surface area contributed by atoms with Crippen molar-refractivity contribution in [2.45, 2.75) is 32.9 Å². The third-order valence-corrected chi connectivity index (χ3v) is 3.35. The molecule has 15 heavy (non-hydrogen) atoms. The van der Waals surface area contributed by atoms with Crippen molar-refractivity contribution in [1.82, 2.24) is 15.1 Å². The van der Waals surface area contributed by atoms with E-state index in [1.807, 2.05) is 25.6 Å². The van der Waals surface area contributed by atoms with Crippen LogP contribution < -0.4 is 5.32 Å². The number of likely N-dealkylation sites (N-methyl/N-ethyl adjacent to an activating group) is 1. The molecule has 0 aliphatic rings. The second-order valence-electron chi connectivity index (χ2n) is 3.58. The van der Waals surface area contributed by atoms with E-state index in [-0.39, 0.29) is 6.10 Å². The minimum Gasteiger partial charge on any atom is -0.391 e. The summed E-state index contributed by atoms with van der Waals surface area (Å²) in [6, 6.07) is 0. The Morgan fingerprint density at radius 2 is 2.27 bits per heavy atom. The second-order valence-corrected chi connectivity index (χ2v) is 4.37. The van der Waals surface area contributed by atoms with Gasteiger partial charge in [0.15, 0.2) is 0 Å². The average Bonchev–Trinajstić information content (AvgIpc) is 2.46. The van der Waals surface area contributed by atoms with Crippen LogP contribution >= 0.6 is 15.9 Å². The maximum Gasteiger partial charge on any atom is 0.0738 e. The molecule has 2 N–H and O–H groups in total. The van der Waals surface area contributed by atoms with Gasteiger partial charge in [-0.3, -0.25) is 4.68 Å². The smallest absolute Gasteiger partial charge is 0.0738 e. The fourth-order valence-corrected chi connectivity index (χ4v) is 2.04. The van der Waals surface area contributed by atoms with Gasteiger partial charge < -0.3 is 10.4 Å².